The van der Waals surface area contributed by atoms with Gasteiger partial charge < -0.3 is 9.47 Å². The van der Waals surface area contributed by atoms with Crippen LogP contribution in [0.2, 0.25) is 0 Å². The molecule has 0 fully saturated rings. The third-order valence-corrected chi connectivity index (χ3v) is 4.13. The third kappa shape index (κ3) is 4.95. The molecule has 0 bridgehead atoms. The molecule has 3 nitrogen and oxygen atoms in total. The molecule has 0 saturated heterocycles. The van der Waals surface area contributed by atoms with Crippen molar-refractivity contribution in [1.82, 2.24) is 4.90 Å². The highest BCUT2D eigenvalue weighted by Crippen LogP contribution is 2.27. The van der Waals surface area contributed by atoms with Crippen molar-refractivity contribution in [3.05, 3.63) is 78.9 Å². The first-order valence-corrected chi connectivity index (χ1v) is 8.29. The topological polar surface area (TPSA) is 21.7 Å². The molecule has 1 atom stereocenters. The average Bonchev–Trinajstić information content (AvgIpc) is 2.60. The predicted molar refractivity (Wildman–Crippen MR) is 98.9 cm³/mol. The van der Waals surface area contributed by atoms with E-state index in [0.717, 1.165) is 12.3 Å². The molecule has 0 saturated carbocycles. The molecule has 0 amide bonds. The van der Waals surface area contributed by atoms with Crippen molar-refractivity contribution in [2.24, 2.45) is 0 Å². The molecule has 3 heteroatoms. The highest BCUT2D eigenvalue weighted by Gasteiger charge is 2.28. The van der Waals surface area contributed by atoms with E-state index in [1.165, 1.54) is 5.56 Å². The Morgan fingerprint density at radius 1 is 1.04 bits per heavy atom. The standard InChI is InChI=1S/C21H27NO2/c1-5-16-22(21(3,4)19-12-8-6-9-13-19)17-23-18(2)24-20-14-10-7-11-15-20/h5-15,18H,1,16-17H2,2-4H3. The molecule has 2 rings (SSSR count). The second-order valence-electron chi connectivity index (χ2n) is 6.23. The van der Waals surface area contributed by atoms with Crippen molar-refractivity contribution < 1.29 is 9.47 Å². The number of hydrogen-bond donors (Lipinski definition) is 0. The lowest BCUT2D eigenvalue weighted by Gasteiger charge is -2.38. The molecule has 0 aromatic heterocycles. The minimum Gasteiger partial charge on any atom is -0.465 e. The predicted octanol–water partition coefficient (Wildman–Crippen LogP) is 4.81. The molecule has 1 unspecified atom stereocenters. The summed E-state index contributed by atoms with van der Waals surface area (Å²) in [6, 6.07) is 20.1. The number of benzene rings is 2. The van der Waals surface area contributed by atoms with Crippen LogP contribution >= 0.6 is 0 Å². The third-order valence-electron chi connectivity index (χ3n) is 4.13. The summed E-state index contributed by atoms with van der Waals surface area (Å²) in [6.45, 7) is 11.4. The van der Waals surface area contributed by atoms with E-state index in [1.807, 2.05) is 49.4 Å². The number of hydrogen-bond acceptors (Lipinski definition) is 3. The Morgan fingerprint density at radius 2 is 1.62 bits per heavy atom. The van der Waals surface area contributed by atoms with Gasteiger partial charge in [0.1, 0.15) is 12.5 Å². The molecule has 0 N–H and O–H groups in total. The van der Waals surface area contributed by atoms with Gasteiger partial charge in [0.25, 0.3) is 0 Å². The van der Waals surface area contributed by atoms with E-state index in [9.17, 15) is 0 Å². The molecule has 2 aromatic rings. The van der Waals surface area contributed by atoms with Gasteiger partial charge in [-0.05, 0) is 38.5 Å². The van der Waals surface area contributed by atoms with E-state index in [4.69, 9.17) is 9.47 Å². The fourth-order valence-electron chi connectivity index (χ4n) is 2.55. The molecule has 128 valence electrons. The lowest BCUT2D eigenvalue weighted by Crippen LogP contribution is -2.44. The van der Waals surface area contributed by atoms with Gasteiger partial charge in [-0.25, -0.2) is 0 Å². The van der Waals surface area contributed by atoms with Crippen LogP contribution in [-0.2, 0) is 10.3 Å². The Labute approximate surface area is 145 Å². The summed E-state index contributed by atoms with van der Waals surface area (Å²) in [4.78, 5) is 2.24. The number of nitrogens with zero attached hydrogens (tertiary/aromatic N) is 1. The molecule has 0 aliphatic heterocycles. The van der Waals surface area contributed by atoms with E-state index in [0.29, 0.717) is 6.73 Å². The van der Waals surface area contributed by atoms with E-state index in [1.54, 1.807) is 0 Å². The van der Waals surface area contributed by atoms with Gasteiger partial charge in [-0.1, -0.05) is 54.6 Å². The zero-order valence-corrected chi connectivity index (χ0v) is 14.8. The summed E-state index contributed by atoms with van der Waals surface area (Å²) < 4.78 is 11.7. The fourth-order valence-corrected chi connectivity index (χ4v) is 2.55. The lowest BCUT2D eigenvalue weighted by atomic mass is 9.92. The molecule has 0 heterocycles. The lowest BCUT2D eigenvalue weighted by molar-refractivity contribution is -0.123. The van der Waals surface area contributed by atoms with E-state index in [-0.39, 0.29) is 11.8 Å². The van der Waals surface area contributed by atoms with Crippen molar-refractivity contribution in [2.75, 3.05) is 13.3 Å². The molecular weight excluding hydrogens is 298 g/mol. The van der Waals surface area contributed by atoms with Crippen LogP contribution in [0.15, 0.2) is 73.3 Å². The van der Waals surface area contributed by atoms with Crippen LogP contribution in [0.25, 0.3) is 0 Å². The zero-order chi connectivity index (χ0) is 17.4. The Kier molecular flexibility index (Phi) is 6.59. The van der Waals surface area contributed by atoms with Crippen molar-refractivity contribution in [1.29, 1.82) is 0 Å². The maximum absolute atomic E-state index is 5.92. The Hall–Kier alpha value is -2.10. The van der Waals surface area contributed by atoms with Gasteiger partial charge in [-0.3, -0.25) is 4.90 Å². The molecule has 0 spiro atoms. The van der Waals surface area contributed by atoms with E-state index >= 15 is 0 Å². The summed E-state index contributed by atoms with van der Waals surface area (Å²) in [7, 11) is 0. The van der Waals surface area contributed by atoms with Crippen molar-refractivity contribution in [3.8, 4) is 5.75 Å². The maximum atomic E-state index is 5.92. The first-order chi connectivity index (χ1) is 11.5. The summed E-state index contributed by atoms with van der Waals surface area (Å²) in [5.74, 6) is 0.808. The van der Waals surface area contributed by atoms with Crippen LogP contribution in [0, 0.1) is 0 Å². The van der Waals surface area contributed by atoms with Crippen LogP contribution in [0.3, 0.4) is 0 Å². The number of ether oxygens (including phenoxy) is 2. The maximum Gasteiger partial charge on any atom is 0.198 e. The molecule has 2 aromatic carbocycles. The van der Waals surface area contributed by atoms with Gasteiger partial charge in [0.05, 0.1) is 0 Å². The molecule has 24 heavy (non-hydrogen) atoms. The number of rotatable bonds is 9. The first-order valence-electron chi connectivity index (χ1n) is 8.29. The zero-order valence-electron chi connectivity index (χ0n) is 14.8. The smallest absolute Gasteiger partial charge is 0.198 e. The summed E-state index contributed by atoms with van der Waals surface area (Å²) in [5, 5.41) is 0. The largest absolute Gasteiger partial charge is 0.465 e. The van der Waals surface area contributed by atoms with Crippen molar-refractivity contribution in [3.63, 3.8) is 0 Å². The fraction of sp³-hybridized carbons (Fsp3) is 0.333. The van der Waals surface area contributed by atoms with E-state index < -0.39 is 0 Å². The Balaban J connectivity index is 1.99. The van der Waals surface area contributed by atoms with Crippen LogP contribution < -0.4 is 4.74 Å². The van der Waals surface area contributed by atoms with Gasteiger partial charge >= 0.3 is 0 Å². The van der Waals surface area contributed by atoms with Crippen molar-refractivity contribution >= 4 is 0 Å². The van der Waals surface area contributed by atoms with E-state index in [2.05, 4.69) is 49.6 Å². The molecular formula is C21H27NO2. The van der Waals surface area contributed by atoms with Crippen LogP contribution in [0.4, 0.5) is 0 Å². The van der Waals surface area contributed by atoms with Gasteiger partial charge in [-0.2, -0.15) is 0 Å². The van der Waals surface area contributed by atoms with Crippen LogP contribution in [0.1, 0.15) is 26.3 Å². The monoisotopic (exact) mass is 325 g/mol. The summed E-state index contributed by atoms with van der Waals surface area (Å²) >= 11 is 0. The summed E-state index contributed by atoms with van der Waals surface area (Å²) in [6.07, 6.45) is 1.57. The quantitative estimate of drug-likeness (QED) is 0.488. The molecule has 0 aliphatic carbocycles. The first kappa shape index (κ1) is 18.2. The summed E-state index contributed by atoms with van der Waals surface area (Å²) in [5.41, 5.74) is 1.08. The van der Waals surface area contributed by atoms with Gasteiger partial charge in [-0.15, -0.1) is 6.58 Å². The highest BCUT2D eigenvalue weighted by atomic mass is 16.7. The normalized spacial score (nSPS) is 12.8. The Bertz CT molecular complexity index is 610. The van der Waals surface area contributed by atoms with Gasteiger partial charge in [0.2, 0.25) is 0 Å². The van der Waals surface area contributed by atoms with Gasteiger partial charge in [0, 0.05) is 12.1 Å². The molecule has 0 aliphatic rings. The molecule has 0 radical (unpaired) electrons. The van der Waals surface area contributed by atoms with Crippen LogP contribution in [0.5, 0.6) is 5.75 Å². The van der Waals surface area contributed by atoms with Crippen LogP contribution in [-0.4, -0.2) is 24.5 Å². The Morgan fingerprint density at radius 3 is 2.21 bits per heavy atom. The second-order valence-corrected chi connectivity index (χ2v) is 6.23. The van der Waals surface area contributed by atoms with Crippen molar-refractivity contribution in [2.45, 2.75) is 32.6 Å². The second kappa shape index (κ2) is 8.67. The minimum absolute atomic E-state index is 0.165. The SMILES string of the molecule is C=CCN(COC(C)Oc1ccccc1)C(C)(C)c1ccccc1. The highest BCUT2D eigenvalue weighted by molar-refractivity contribution is 5.23. The average molecular weight is 325 g/mol. The minimum atomic E-state index is -0.328. The number of para-hydroxylation sites is 1. The van der Waals surface area contributed by atoms with Gasteiger partial charge in [0.15, 0.2) is 6.29 Å².